The van der Waals surface area contributed by atoms with Crippen LogP contribution in [0, 0.1) is 0 Å². The van der Waals surface area contributed by atoms with Gasteiger partial charge in [0, 0.05) is 7.05 Å². The Morgan fingerprint density at radius 3 is 2.08 bits per heavy atom. The molecule has 0 saturated carbocycles. The van der Waals surface area contributed by atoms with Gasteiger partial charge in [-0.2, -0.15) is 21.6 Å². The zero-order valence-corrected chi connectivity index (χ0v) is 7.87. The lowest BCUT2D eigenvalue weighted by Gasteiger charge is -2.12. The Balaban J connectivity index is 4.65. The first kappa shape index (κ1) is 12.4. The SMILES string of the molecule is CN(S)C(=O)NS(=O)(=O)C(F)(F)F. The van der Waals surface area contributed by atoms with Crippen LogP contribution < -0.4 is 4.72 Å². The Labute approximate surface area is 77.5 Å². The highest BCUT2D eigenvalue weighted by Crippen LogP contribution is 2.21. The molecule has 0 rings (SSSR count). The smallest absolute Gasteiger partial charge is 0.273 e. The third-order valence-corrected chi connectivity index (χ3v) is 2.05. The molecule has 0 aliphatic carbocycles. The maximum atomic E-state index is 11.6. The molecule has 0 spiro atoms. The normalized spacial score (nSPS) is 12.4. The topological polar surface area (TPSA) is 66.5 Å². The second-order valence-electron chi connectivity index (χ2n) is 1.88. The van der Waals surface area contributed by atoms with Crippen LogP contribution in [0.2, 0.25) is 0 Å². The van der Waals surface area contributed by atoms with Crippen molar-refractivity contribution >= 4 is 28.9 Å². The summed E-state index contributed by atoms with van der Waals surface area (Å²) in [6.07, 6.45) is 0. The van der Waals surface area contributed by atoms with Gasteiger partial charge >= 0.3 is 21.6 Å². The fourth-order valence-electron chi connectivity index (χ4n) is 0.239. The van der Waals surface area contributed by atoms with Gasteiger partial charge in [-0.3, -0.25) is 4.31 Å². The van der Waals surface area contributed by atoms with Crippen molar-refractivity contribution in [1.29, 1.82) is 0 Å². The molecule has 0 aromatic carbocycles. The van der Waals surface area contributed by atoms with Gasteiger partial charge < -0.3 is 0 Å². The van der Waals surface area contributed by atoms with E-state index in [1.54, 1.807) is 0 Å². The Hall–Kier alpha value is -0.640. The average Bonchev–Trinajstić information content (AvgIpc) is 1.83. The summed E-state index contributed by atoms with van der Waals surface area (Å²) in [4.78, 5) is 10.5. The minimum atomic E-state index is -5.63. The molecule has 0 aliphatic heterocycles. The number of urea groups is 1. The predicted molar refractivity (Wildman–Crippen MR) is 40.3 cm³/mol. The monoisotopic (exact) mass is 238 g/mol. The summed E-state index contributed by atoms with van der Waals surface area (Å²) in [6, 6.07) is -1.49. The van der Waals surface area contributed by atoms with Crippen LogP contribution in [0.1, 0.15) is 0 Å². The van der Waals surface area contributed by atoms with Crippen molar-refractivity contribution in [3.05, 3.63) is 0 Å². The van der Waals surface area contributed by atoms with Crippen LogP contribution in [0.15, 0.2) is 0 Å². The number of alkyl halides is 3. The van der Waals surface area contributed by atoms with Crippen molar-refractivity contribution in [2.75, 3.05) is 7.05 Å². The highest BCUT2D eigenvalue weighted by molar-refractivity contribution is 7.91. The zero-order chi connectivity index (χ0) is 10.9. The number of carbonyl (C=O) groups is 1. The molecule has 0 unspecified atom stereocenters. The van der Waals surface area contributed by atoms with Gasteiger partial charge in [0.05, 0.1) is 0 Å². The first-order valence-corrected chi connectivity index (χ1v) is 4.52. The van der Waals surface area contributed by atoms with E-state index < -0.39 is 21.6 Å². The number of thiol groups is 1. The van der Waals surface area contributed by atoms with E-state index >= 15 is 0 Å². The third-order valence-electron chi connectivity index (χ3n) is 0.820. The first-order valence-electron chi connectivity index (χ1n) is 2.63. The van der Waals surface area contributed by atoms with Crippen molar-refractivity contribution in [2.24, 2.45) is 0 Å². The van der Waals surface area contributed by atoms with Gasteiger partial charge in [-0.25, -0.2) is 9.52 Å². The van der Waals surface area contributed by atoms with Gasteiger partial charge in [0.25, 0.3) is 0 Å². The lowest BCUT2D eigenvalue weighted by molar-refractivity contribution is -0.0444. The number of nitrogens with zero attached hydrogens (tertiary/aromatic N) is 1. The molecule has 78 valence electrons. The van der Waals surface area contributed by atoms with Crippen LogP contribution in [-0.2, 0) is 10.0 Å². The van der Waals surface area contributed by atoms with Crippen LogP contribution in [0.5, 0.6) is 0 Å². The van der Waals surface area contributed by atoms with E-state index in [1.807, 2.05) is 0 Å². The number of carbonyl (C=O) groups excluding carboxylic acids is 1. The number of rotatable bonds is 1. The van der Waals surface area contributed by atoms with E-state index in [4.69, 9.17) is 0 Å². The number of halogens is 3. The van der Waals surface area contributed by atoms with Crippen molar-refractivity contribution in [3.8, 4) is 0 Å². The highest BCUT2D eigenvalue weighted by atomic mass is 32.2. The second-order valence-corrected chi connectivity index (χ2v) is 4.15. The van der Waals surface area contributed by atoms with Crippen LogP contribution >= 0.6 is 12.8 Å². The molecule has 0 fully saturated rings. The van der Waals surface area contributed by atoms with Gasteiger partial charge in [0.2, 0.25) is 0 Å². The molecule has 2 amide bonds. The van der Waals surface area contributed by atoms with E-state index in [-0.39, 0.29) is 0 Å². The molecule has 0 aromatic heterocycles. The number of sulfonamides is 1. The molecular weight excluding hydrogens is 233 g/mol. The quantitative estimate of drug-likeness (QED) is 0.647. The van der Waals surface area contributed by atoms with Crippen LogP contribution in [0.4, 0.5) is 18.0 Å². The van der Waals surface area contributed by atoms with Gasteiger partial charge in [0.1, 0.15) is 0 Å². The second kappa shape index (κ2) is 3.62. The summed E-state index contributed by atoms with van der Waals surface area (Å²) in [5.74, 6) is 0. The minimum Gasteiger partial charge on any atom is -0.273 e. The largest absolute Gasteiger partial charge is 0.516 e. The van der Waals surface area contributed by atoms with Crippen LogP contribution in [0.25, 0.3) is 0 Å². The molecule has 5 nitrogen and oxygen atoms in total. The summed E-state index contributed by atoms with van der Waals surface area (Å²) < 4.78 is 56.4. The minimum absolute atomic E-state index is 0.364. The Morgan fingerprint density at radius 2 is 1.85 bits per heavy atom. The van der Waals surface area contributed by atoms with Crippen molar-refractivity contribution in [1.82, 2.24) is 9.03 Å². The number of amides is 2. The summed E-state index contributed by atoms with van der Waals surface area (Å²) in [5.41, 5.74) is -5.51. The van der Waals surface area contributed by atoms with Crippen molar-refractivity contribution < 1.29 is 26.4 Å². The molecule has 0 aromatic rings. The van der Waals surface area contributed by atoms with E-state index in [1.165, 1.54) is 0 Å². The van der Waals surface area contributed by atoms with Crippen LogP contribution in [-0.4, -0.2) is 31.3 Å². The molecule has 0 aliphatic rings. The summed E-state index contributed by atoms with van der Waals surface area (Å²) in [5, 5.41) is 0. The molecule has 0 heterocycles. The van der Waals surface area contributed by atoms with Gasteiger partial charge in [-0.1, -0.05) is 12.8 Å². The van der Waals surface area contributed by atoms with Gasteiger partial charge in [-0.15, -0.1) is 0 Å². The predicted octanol–water partition coefficient (Wildman–Crippen LogP) is 0.322. The Bertz CT molecular complexity index is 295. The summed E-state index contributed by atoms with van der Waals surface area (Å²) >= 11 is 3.29. The molecule has 13 heavy (non-hydrogen) atoms. The first-order chi connectivity index (χ1) is 5.58. The molecule has 1 N–H and O–H groups in total. The van der Waals surface area contributed by atoms with E-state index in [0.717, 1.165) is 11.8 Å². The van der Waals surface area contributed by atoms with Crippen molar-refractivity contribution in [2.45, 2.75) is 5.51 Å². The molecular formula is C3H5F3N2O3S2. The molecule has 0 radical (unpaired) electrons. The molecule has 10 heteroatoms. The molecule has 0 atom stereocenters. The summed E-state index contributed by atoms with van der Waals surface area (Å²) in [7, 11) is -4.66. The Morgan fingerprint density at radius 1 is 1.46 bits per heavy atom. The zero-order valence-electron chi connectivity index (χ0n) is 6.16. The lowest BCUT2D eigenvalue weighted by Crippen LogP contribution is -2.43. The third kappa shape index (κ3) is 3.30. The Kier molecular flexibility index (Phi) is 3.44. The fourth-order valence-corrected chi connectivity index (χ4v) is 0.839. The number of hydrogen-bond donors (Lipinski definition) is 2. The van der Waals surface area contributed by atoms with E-state index in [2.05, 4.69) is 12.8 Å². The highest BCUT2D eigenvalue weighted by Gasteiger charge is 2.47. The fraction of sp³-hybridized carbons (Fsp3) is 0.667. The average molecular weight is 238 g/mol. The number of hydrogen-bond acceptors (Lipinski definition) is 4. The van der Waals surface area contributed by atoms with Crippen LogP contribution in [0.3, 0.4) is 0 Å². The summed E-state index contributed by atoms with van der Waals surface area (Å²) in [6.45, 7) is 0. The van der Waals surface area contributed by atoms with E-state index in [0.29, 0.717) is 4.31 Å². The maximum Gasteiger partial charge on any atom is 0.516 e. The van der Waals surface area contributed by atoms with Gasteiger partial charge in [0.15, 0.2) is 0 Å². The standard InChI is InChI=1S/C3H5F3N2O3S2/c1-8(12)2(9)7-13(10,11)3(4,5)6/h12H,1H3,(H,7,9). The molecule has 0 bridgehead atoms. The van der Waals surface area contributed by atoms with E-state index in [9.17, 15) is 26.4 Å². The maximum absolute atomic E-state index is 11.6. The van der Waals surface area contributed by atoms with Crippen molar-refractivity contribution in [3.63, 3.8) is 0 Å². The lowest BCUT2D eigenvalue weighted by atomic mass is 11.0. The van der Waals surface area contributed by atoms with Gasteiger partial charge in [-0.05, 0) is 0 Å². The number of nitrogens with one attached hydrogen (secondary N) is 1. The molecule has 0 saturated heterocycles.